The fourth-order valence-corrected chi connectivity index (χ4v) is 5.07. The van der Waals surface area contributed by atoms with E-state index in [-0.39, 0.29) is 5.91 Å². The molecule has 0 radical (unpaired) electrons. The number of amides is 1. The van der Waals surface area contributed by atoms with Crippen LogP contribution < -0.4 is 0 Å². The number of hydrogen-bond acceptors (Lipinski definition) is 3. The summed E-state index contributed by atoms with van der Waals surface area (Å²) in [5.74, 6) is 0.509. The van der Waals surface area contributed by atoms with E-state index >= 15 is 0 Å². The Morgan fingerprint density at radius 2 is 1.91 bits per heavy atom. The summed E-state index contributed by atoms with van der Waals surface area (Å²) in [5, 5.41) is 0. The largest absolute Gasteiger partial charge is 0.306 e. The Bertz CT molecular complexity index is 1230. The normalized spacial score (nSPS) is 21.4. The zero-order valence-corrected chi connectivity index (χ0v) is 19.8. The van der Waals surface area contributed by atoms with Gasteiger partial charge in [0.05, 0.1) is 5.69 Å². The van der Waals surface area contributed by atoms with Gasteiger partial charge in [-0.25, -0.2) is 4.98 Å². The van der Waals surface area contributed by atoms with Crippen LogP contribution in [0.1, 0.15) is 43.5 Å². The van der Waals surface area contributed by atoms with Gasteiger partial charge in [0, 0.05) is 30.4 Å². The second-order valence-corrected chi connectivity index (χ2v) is 9.15. The zero-order valence-electron chi connectivity index (χ0n) is 19.8. The van der Waals surface area contributed by atoms with Crippen LogP contribution in [0.2, 0.25) is 0 Å². The standard InChI is InChI=1S/C28H32N4O/c1-4-21-15-25(18-31-17-20(3)29-28(21)31)23-7-6-8-26-10-9-24(19-32(26)27(33)16-23)22-11-13-30(5-2)14-12-22/h6-10,15-19,22H,4-5,11-14H2,1-3H3/b7-6?,23-16?,26-8+. The fraction of sp³-hybridized carbons (Fsp3) is 0.357. The summed E-state index contributed by atoms with van der Waals surface area (Å²) >= 11 is 0. The average molecular weight is 441 g/mol. The number of piperidine rings is 1. The summed E-state index contributed by atoms with van der Waals surface area (Å²) in [6.45, 7) is 9.75. The number of nitrogens with zero attached hydrogens (tertiary/aromatic N) is 4. The number of carbonyl (C=O) groups excluding carboxylic acids is 1. The van der Waals surface area contributed by atoms with Crippen LogP contribution in [0.15, 0.2) is 72.4 Å². The number of hydrogen-bond donors (Lipinski definition) is 0. The summed E-state index contributed by atoms with van der Waals surface area (Å²) in [6, 6.07) is 2.16. The second kappa shape index (κ2) is 8.99. The molecule has 0 aliphatic carbocycles. The first kappa shape index (κ1) is 21.7. The van der Waals surface area contributed by atoms with Crippen molar-refractivity contribution in [1.82, 2.24) is 19.2 Å². The molecule has 0 N–H and O–H groups in total. The number of carbonyl (C=O) groups is 1. The molecule has 33 heavy (non-hydrogen) atoms. The van der Waals surface area contributed by atoms with Gasteiger partial charge in [-0.3, -0.25) is 9.69 Å². The van der Waals surface area contributed by atoms with Crippen LogP contribution in [0.25, 0.3) is 11.2 Å². The monoisotopic (exact) mass is 440 g/mol. The van der Waals surface area contributed by atoms with Crippen LogP contribution in [-0.2, 0) is 11.2 Å². The van der Waals surface area contributed by atoms with Crippen molar-refractivity contribution in [2.75, 3.05) is 19.6 Å². The summed E-state index contributed by atoms with van der Waals surface area (Å²) in [5.41, 5.74) is 7.29. The molecule has 0 bridgehead atoms. The Morgan fingerprint density at radius 3 is 2.67 bits per heavy atom. The van der Waals surface area contributed by atoms with Gasteiger partial charge in [-0.15, -0.1) is 0 Å². The Morgan fingerprint density at radius 1 is 1.09 bits per heavy atom. The first-order valence-corrected chi connectivity index (χ1v) is 12.1. The fourth-order valence-electron chi connectivity index (χ4n) is 5.07. The van der Waals surface area contributed by atoms with E-state index in [1.54, 1.807) is 6.08 Å². The van der Waals surface area contributed by atoms with Crippen molar-refractivity contribution >= 4 is 17.1 Å². The SMILES string of the molecule is CCc1cc(C2=CC(=O)N3C=C(C4CCN(CC)CC4)C=C/C3=C\C=C2)cn2cc(C)nc12. The second-order valence-electron chi connectivity index (χ2n) is 9.15. The van der Waals surface area contributed by atoms with Crippen LogP contribution >= 0.6 is 0 Å². The van der Waals surface area contributed by atoms with Gasteiger partial charge in [-0.2, -0.15) is 0 Å². The molecule has 1 amide bonds. The lowest BCUT2D eigenvalue weighted by Gasteiger charge is -2.34. The van der Waals surface area contributed by atoms with E-state index in [0.29, 0.717) is 5.92 Å². The minimum atomic E-state index is -0.00611. The highest BCUT2D eigenvalue weighted by Gasteiger charge is 2.25. The molecule has 3 aliphatic rings. The van der Waals surface area contributed by atoms with E-state index in [1.165, 1.54) is 11.1 Å². The molecule has 5 heteroatoms. The summed E-state index contributed by atoms with van der Waals surface area (Å²) in [6.07, 6.45) is 21.5. The molecule has 1 fully saturated rings. The van der Waals surface area contributed by atoms with Gasteiger partial charge in [-0.1, -0.05) is 32.1 Å². The highest BCUT2D eigenvalue weighted by atomic mass is 16.2. The highest BCUT2D eigenvalue weighted by Crippen LogP contribution is 2.31. The molecule has 3 aliphatic heterocycles. The van der Waals surface area contributed by atoms with Crippen molar-refractivity contribution in [3.8, 4) is 0 Å². The number of aromatic nitrogens is 2. The summed E-state index contributed by atoms with van der Waals surface area (Å²) in [7, 11) is 0. The molecule has 1 saturated heterocycles. The molecule has 0 atom stereocenters. The molecule has 2 aromatic rings. The highest BCUT2D eigenvalue weighted by molar-refractivity contribution is 6.00. The van der Waals surface area contributed by atoms with Crippen molar-refractivity contribution < 1.29 is 4.79 Å². The zero-order chi connectivity index (χ0) is 22.9. The molecule has 5 nitrogen and oxygen atoms in total. The minimum Gasteiger partial charge on any atom is -0.306 e. The van der Waals surface area contributed by atoms with Crippen LogP contribution in [0.4, 0.5) is 0 Å². The first-order valence-electron chi connectivity index (χ1n) is 12.1. The minimum absolute atomic E-state index is 0.00611. The van der Waals surface area contributed by atoms with E-state index in [9.17, 15) is 4.79 Å². The molecule has 0 spiro atoms. The van der Waals surface area contributed by atoms with Crippen molar-refractivity contribution in [3.05, 3.63) is 89.2 Å². The van der Waals surface area contributed by atoms with Crippen molar-refractivity contribution in [2.24, 2.45) is 5.92 Å². The predicted molar refractivity (Wildman–Crippen MR) is 133 cm³/mol. The van der Waals surface area contributed by atoms with Gasteiger partial charge in [0.1, 0.15) is 5.65 Å². The van der Waals surface area contributed by atoms with Crippen LogP contribution in [-0.4, -0.2) is 44.7 Å². The molecule has 0 saturated carbocycles. The Hall–Kier alpha value is -3.18. The maximum atomic E-state index is 13.4. The number of rotatable bonds is 4. The maximum absolute atomic E-state index is 13.4. The van der Waals surface area contributed by atoms with Crippen LogP contribution in [0, 0.1) is 12.8 Å². The predicted octanol–water partition coefficient (Wildman–Crippen LogP) is 5.06. The third-order valence-corrected chi connectivity index (χ3v) is 7.03. The average Bonchev–Trinajstić information content (AvgIpc) is 3.21. The van der Waals surface area contributed by atoms with E-state index in [1.807, 2.05) is 36.2 Å². The number of aryl methyl sites for hydroxylation is 2. The van der Waals surface area contributed by atoms with Crippen molar-refractivity contribution in [3.63, 3.8) is 0 Å². The number of likely N-dealkylation sites (tertiary alicyclic amines) is 1. The van der Waals surface area contributed by atoms with Gasteiger partial charge in [0.25, 0.3) is 5.91 Å². The van der Waals surface area contributed by atoms with Gasteiger partial charge in [0.2, 0.25) is 0 Å². The van der Waals surface area contributed by atoms with E-state index < -0.39 is 0 Å². The molecule has 0 aromatic carbocycles. The smallest absolute Gasteiger partial charge is 0.255 e. The number of pyridine rings is 1. The lowest BCUT2D eigenvalue weighted by atomic mass is 9.88. The van der Waals surface area contributed by atoms with Gasteiger partial charge in [-0.05, 0) is 92.2 Å². The lowest BCUT2D eigenvalue weighted by molar-refractivity contribution is -0.122. The quantitative estimate of drug-likeness (QED) is 0.668. The topological polar surface area (TPSA) is 40.9 Å². The van der Waals surface area contributed by atoms with E-state index in [0.717, 1.165) is 67.1 Å². The van der Waals surface area contributed by atoms with Crippen LogP contribution in [0.3, 0.4) is 0 Å². The Kier molecular flexibility index (Phi) is 5.90. The van der Waals surface area contributed by atoms with Crippen molar-refractivity contribution in [2.45, 2.75) is 40.0 Å². The lowest BCUT2D eigenvalue weighted by Crippen LogP contribution is -2.35. The third kappa shape index (κ3) is 4.25. The molecular weight excluding hydrogens is 408 g/mol. The molecule has 5 rings (SSSR count). The number of allylic oxidation sites excluding steroid dienone is 7. The first-order chi connectivity index (χ1) is 16.1. The van der Waals surface area contributed by atoms with Crippen molar-refractivity contribution in [1.29, 1.82) is 0 Å². The van der Waals surface area contributed by atoms with Gasteiger partial charge in [0.15, 0.2) is 0 Å². The Balaban J connectivity index is 1.46. The molecule has 0 unspecified atom stereocenters. The van der Waals surface area contributed by atoms with Gasteiger partial charge >= 0.3 is 0 Å². The molecule has 170 valence electrons. The maximum Gasteiger partial charge on any atom is 0.255 e. The van der Waals surface area contributed by atoms with Crippen LogP contribution in [0.5, 0.6) is 0 Å². The number of fused-ring (bicyclic) bond motifs is 2. The van der Waals surface area contributed by atoms with E-state index in [4.69, 9.17) is 0 Å². The summed E-state index contributed by atoms with van der Waals surface area (Å²) in [4.78, 5) is 22.4. The molecule has 5 heterocycles. The van der Waals surface area contributed by atoms with Gasteiger partial charge < -0.3 is 9.30 Å². The third-order valence-electron chi connectivity index (χ3n) is 7.03. The number of imidazole rings is 1. The van der Waals surface area contributed by atoms with E-state index in [2.05, 4.69) is 58.7 Å². The molecular formula is C28H32N4O. The molecule has 2 aromatic heterocycles. The Labute approximate surface area is 196 Å². The summed E-state index contributed by atoms with van der Waals surface area (Å²) < 4.78 is 2.08.